The van der Waals surface area contributed by atoms with Crippen LogP contribution in [0, 0.1) is 11.7 Å². The maximum Gasteiger partial charge on any atom is 0.132 e. The molecule has 4 heteroatoms. The third-order valence-corrected chi connectivity index (χ3v) is 4.74. The Balaban J connectivity index is 1.87. The molecule has 0 radical (unpaired) electrons. The maximum atomic E-state index is 13.9. The van der Waals surface area contributed by atoms with Crippen molar-refractivity contribution in [2.45, 2.75) is 37.8 Å². The minimum atomic E-state index is -0.304. The van der Waals surface area contributed by atoms with E-state index in [1.807, 2.05) is 0 Å². The van der Waals surface area contributed by atoms with Gasteiger partial charge >= 0.3 is 0 Å². The molecule has 3 nitrogen and oxygen atoms in total. The molecule has 2 bridgehead atoms. The lowest BCUT2D eigenvalue weighted by Gasteiger charge is -2.36. The van der Waals surface area contributed by atoms with Crippen LogP contribution in [0.4, 0.5) is 4.39 Å². The van der Waals surface area contributed by atoms with E-state index in [1.165, 1.54) is 18.9 Å². The second-order valence-electron chi connectivity index (χ2n) is 5.68. The number of hydrogen-bond donors (Lipinski definition) is 1. The van der Waals surface area contributed by atoms with Crippen LogP contribution in [0.1, 0.15) is 31.2 Å². The normalized spacial score (nSPS) is 31.7. The molecule has 2 fully saturated rings. The number of benzene rings is 1. The van der Waals surface area contributed by atoms with Crippen molar-refractivity contribution in [2.75, 3.05) is 7.05 Å². The lowest BCUT2D eigenvalue weighted by molar-refractivity contribution is 0.156. The van der Waals surface area contributed by atoms with E-state index in [4.69, 9.17) is 0 Å². The molecule has 19 heavy (non-hydrogen) atoms. The molecule has 3 rings (SSSR count). The summed E-state index contributed by atoms with van der Waals surface area (Å²) >= 11 is 0. The highest BCUT2D eigenvalue weighted by Gasteiger charge is 2.40. The lowest BCUT2D eigenvalue weighted by atomic mass is 9.84. The Labute approximate surface area is 112 Å². The van der Waals surface area contributed by atoms with Gasteiger partial charge in [0.15, 0.2) is 0 Å². The zero-order valence-corrected chi connectivity index (χ0v) is 11.1. The zero-order chi connectivity index (χ0) is 13.4. The number of hydrogen-bond acceptors (Lipinski definition) is 3. The molecule has 0 amide bonds. The SMILES string of the molecule is CN1C2CCC1CC(/C(=N\O)c1ccccc1F)C2. The van der Waals surface area contributed by atoms with Crippen LogP contribution < -0.4 is 0 Å². The summed E-state index contributed by atoms with van der Waals surface area (Å²) in [6.45, 7) is 0. The molecule has 1 aromatic rings. The van der Waals surface area contributed by atoms with E-state index in [9.17, 15) is 9.60 Å². The topological polar surface area (TPSA) is 35.8 Å². The molecule has 0 saturated carbocycles. The molecule has 2 heterocycles. The van der Waals surface area contributed by atoms with E-state index in [0.717, 1.165) is 12.8 Å². The zero-order valence-electron chi connectivity index (χ0n) is 11.1. The second-order valence-corrected chi connectivity index (χ2v) is 5.68. The van der Waals surface area contributed by atoms with E-state index < -0.39 is 0 Å². The summed E-state index contributed by atoms with van der Waals surface area (Å²) < 4.78 is 13.9. The van der Waals surface area contributed by atoms with Crippen molar-refractivity contribution in [3.63, 3.8) is 0 Å². The third-order valence-electron chi connectivity index (χ3n) is 4.74. The monoisotopic (exact) mass is 262 g/mol. The summed E-state index contributed by atoms with van der Waals surface area (Å²) in [6, 6.07) is 7.66. The predicted octanol–water partition coefficient (Wildman–Crippen LogP) is 2.88. The molecular weight excluding hydrogens is 243 g/mol. The van der Waals surface area contributed by atoms with Crippen molar-refractivity contribution in [1.82, 2.24) is 4.90 Å². The maximum absolute atomic E-state index is 13.9. The molecule has 2 saturated heterocycles. The summed E-state index contributed by atoms with van der Waals surface area (Å²) in [5.74, 6) is -0.142. The van der Waals surface area contributed by atoms with Gasteiger partial charge in [-0.3, -0.25) is 0 Å². The third kappa shape index (κ3) is 2.14. The highest BCUT2D eigenvalue weighted by atomic mass is 19.1. The number of piperidine rings is 1. The first-order valence-electron chi connectivity index (χ1n) is 6.89. The number of oxime groups is 1. The minimum Gasteiger partial charge on any atom is -0.411 e. The predicted molar refractivity (Wildman–Crippen MR) is 72.0 cm³/mol. The Morgan fingerprint density at radius 2 is 1.89 bits per heavy atom. The highest BCUT2D eigenvalue weighted by molar-refractivity contribution is 6.02. The fourth-order valence-corrected chi connectivity index (χ4v) is 3.66. The summed E-state index contributed by atoms with van der Waals surface area (Å²) in [5.41, 5.74) is 0.960. The Morgan fingerprint density at radius 1 is 1.26 bits per heavy atom. The standard InChI is InChI=1S/C15H19FN2O/c1-18-11-6-7-12(18)9-10(8-11)15(17-19)13-4-2-3-5-14(13)16/h2-5,10-12,19H,6-9H2,1H3/b17-15+. The molecular formula is C15H19FN2O. The van der Waals surface area contributed by atoms with E-state index in [2.05, 4.69) is 17.1 Å². The molecule has 2 unspecified atom stereocenters. The van der Waals surface area contributed by atoms with Gasteiger partial charge in [0.2, 0.25) is 0 Å². The molecule has 1 N–H and O–H groups in total. The Kier molecular flexibility index (Phi) is 3.27. The molecule has 0 aliphatic carbocycles. The van der Waals surface area contributed by atoms with Gasteiger partial charge in [0.1, 0.15) is 5.82 Å². The van der Waals surface area contributed by atoms with Crippen molar-refractivity contribution >= 4 is 5.71 Å². The number of nitrogens with zero attached hydrogens (tertiary/aromatic N) is 2. The Morgan fingerprint density at radius 3 is 2.47 bits per heavy atom. The van der Waals surface area contributed by atoms with Gasteiger partial charge in [-0.1, -0.05) is 23.4 Å². The average molecular weight is 262 g/mol. The lowest BCUT2D eigenvalue weighted by Crippen LogP contribution is -2.42. The molecule has 1 aromatic carbocycles. The Hall–Kier alpha value is -1.42. The van der Waals surface area contributed by atoms with Crippen LogP contribution in [0.5, 0.6) is 0 Å². The highest BCUT2D eigenvalue weighted by Crippen LogP contribution is 2.39. The van der Waals surface area contributed by atoms with Crippen LogP contribution in [-0.2, 0) is 0 Å². The van der Waals surface area contributed by atoms with Crippen molar-refractivity contribution in [3.8, 4) is 0 Å². The summed E-state index contributed by atoms with van der Waals surface area (Å²) in [4.78, 5) is 2.42. The van der Waals surface area contributed by atoms with Crippen molar-refractivity contribution < 1.29 is 9.60 Å². The fourth-order valence-electron chi connectivity index (χ4n) is 3.66. The van der Waals surface area contributed by atoms with E-state index in [1.54, 1.807) is 18.2 Å². The van der Waals surface area contributed by atoms with Crippen molar-refractivity contribution in [2.24, 2.45) is 11.1 Å². The van der Waals surface area contributed by atoms with E-state index in [-0.39, 0.29) is 11.7 Å². The molecule has 2 atom stereocenters. The molecule has 102 valence electrons. The van der Waals surface area contributed by atoms with Gasteiger partial charge in [-0.05, 0) is 38.8 Å². The van der Waals surface area contributed by atoms with Gasteiger partial charge in [-0.15, -0.1) is 0 Å². The van der Waals surface area contributed by atoms with E-state index in [0.29, 0.717) is 23.4 Å². The minimum absolute atomic E-state index is 0.163. The number of rotatable bonds is 2. The smallest absolute Gasteiger partial charge is 0.132 e. The van der Waals surface area contributed by atoms with Crippen LogP contribution in [0.2, 0.25) is 0 Å². The average Bonchev–Trinajstić information content (AvgIpc) is 2.65. The second kappa shape index (κ2) is 4.93. The first-order chi connectivity index (χ1) is 9.20. The summed E-state index contributed by atoms with van der Waals surface area (Å²) in [5, 5.41) is 12.7. The van der Waals surface area contributed by atoms with Gasteiger partial charge in [0.05, 0.1) is 5.71 Å². The van der Waals surface area contributed by atoms with Crippen molar-refractivity contribution in [1.29, 1.82) is 0 Å². The molecule has 2 aliphatic rings. The number of fused-ring (bicyclic) bond motifs is 2. The summed E-state index contributed by atoms with van der Waals surface area (Å²) in [6.07, 6.45) is 4.32. The van der Waals surface area contributed by atoms with Crippen LogP contribution in [0.3, 0.4) is 0 Å². The Bertz CT molecular complexity index is 489. The van der Waals surface area contributed by atoms with Gasteiger partial charge in [0, 0.05) is 23.6 Å². The summed E-state index contributed by atoms with van der Waals surface area (Å²) in [7, 11) is 2.16. The van der Waals surface area contributed by atoms with Crippen LogP contribution in [0.25, 0.3) is 0 Å². The van der Waals surface area contributed by atoms with Gasteiger partial charge in [0.25, 0.3) is 0 Å². The first-order valence-corrected chi connectivity index (χ1v) is 6.89. The first kappa shape index (κ1) is 12.6. The quantitative estimate of drug-likeness (QED) is 0.505. The largest absolute Gasteiger partial charge is 0.411 e. The number of halogens is 1. The van der Waals surface area contributed by atoms with Crippen LogP contribution >= 0.6 is 0 Å². The van der Waals surface area contributed by atoms with Crippen LogP contribution in [-0.4, -0.2) is 35.0 Å². The van der Waals surface area contributed by atoms with Gasteiger partial charge in [-0.25, -0.2) is 4.39 Å². The van der Waals surface area contributed by atoms with Gasteiger partial charge < -0.3 is 10.1 Å². The van der Waals surface area contributed by atoms with E-state index >= 15 is 0 Å². The molecule has 0 spiro atoms. The molecule has 0 aromatic heterocycles. The fraction of sp³-hybridized carbons (Fsp3) is 0.533. The molecule has 2 aliphatic heterocycles. The van der Waals surface area contributed by atoms with Crippen molar-refractivity contribution in [3.05, 3.63) is 35.6 Å². The van der Waals surface area contributed by atoms with Crippen LogP contribution in [0.15, 0.2) is 29.4 Å². The van der Waals surface area contributed by atoms with Gasteiger partial charge in [-0.2, -0.15) is 0 Å².